The first-order valence-corrected chi connectivity index (χ1v) is 10.9. The van der Waals surface area contributed by atoms with Gasteiger partial charge in [0.1, 0.15) is 0 Å². The van der Waals surface area contributed by atoms with Crippen molar-refractivity contribution in [2.45, 2.75) is 25.4 Å². The largest absolute Gasteiger partial charge is 0.462 e. The summed E-state index contributed by atoms with van der Waals surface area (Å²) in [6.07, 6.45) is 0. The number of esters is 2. The molecule has 0 heterocycles. The number of carbonyl (C=O) groups excluding carboxylic acids is 2. The number of hydrogen-bond donors (Lipinski definition) is 0. The zero-order valence-corrected chi connectivity index (χ0v) is 16.5. The van der Waals surface area contributed by atoms with E-state index in [1.165, 1.54) is 0 Å². The molecule has 0 aliphatic heterocycles. The molecular weight excluding hydrogens is 368 g/mol. The van der Waals surface area contributed by atoms with Crippen molar-refractivity contribution in [2.75, 3.05) is 13.2 Å². The maximum absolute atomic E-state index is 12.0. The van der Waals surface area contributed by atoms with Crippen LogP contribution in [0.5, 0.6) is 0 Å². The van der Waals surface area contributed by atoms with Crippen molar-refractivity contribution in [1.82, 2.24) is 0 Å². The summed E-state index contributed by atoms with van der Waals surface area (Å²) in [5, 5.41) is 0. The lowest BCUT2D eigenvalue weighted by Gasteiger charge is -2.10. The topological polar surface area (TPSA) is 52.6 Å². The lowest BCUT2D eigenvalue weighted by Crippen LogP contribution is -2.07. The van der Waals surface area contributed by atoms with Gasteiger partial charge in [0.15, 0.2) is 0 Å². The van der Waals surface area contributed by atoms with Crippen molar-refractivity contribution in [3.63, 3.8) is 0 Å². The van der Waals surface area contributed by atoms with E-state index in [0.717, 1.165) is 11.1 Å². The number of ether oxygens (including phenoxy) is 2. The van der Waals surface area contributed by atoms with E-state index < -0.39 is 0 Å². The van der Waals surface area contributed by atoms with Crippen LogP contribution < -0.4 is 0 Å². The standard InChI is InChI=1S/C20H22O4S2/c1-3-23-19(21)17-11-7-5-9-15(17)13-25-26-14-16-10-6-8-12-18(16)20(22)24-4-2/h5-12H,3-4,13-14H2,1-2H3. The van der Waals surface area contributed by atoms with Crippen molar-refractivity contribution in [2.24, 2.45) is 0 Å². The third-order valence-electron chi connectivity index (χ3n) is 3.54. The summed E-state index contributed by atoms with van der Waals surface area (Å²) in [6, 6.07) is 15.0. The summed E-state index contributed by atoms with van der Waals surface area (Å²) in [5.41, 5.74) is 3.10. The molecule has 0 fully saturated rings. The molecule has 0 bridgehead atoms. The smallest absolute Gasteiger partial charge is 0.338 e. The first-order valence-electron chi connectivity index (χ1n) is 8.41. The lowest BCUT2D eigenvalue weighted by atomic mass is 10.1. The molecule has 4 nitrogen and oxygen atoms in total. The Hall–Kier alpha value is -1.92. The molecule has 0 radical (unpaired) electrons. The quantitative estimate of drug-likeness (QED) is 0.336. The van der Waals surface area contributed by atoms with E-state index in [1.807, 2.05) is 36.4 Å². The summed E-state index contributed by atoms with van der Waals surface area (Å²) >= 11 is 0. The molecule has 0 aliphatic carbocycles. The van der Waals surface area contributed by atoms with Crippen molar-refractivity contribution in [3.05, 3.63) is 70.8 Å². The van der Waals surface area contributed by atoms with E-state index in [0.29, 0.717) is 35.8 Å². The van der Waals surface area contributed by atoms with Crippen LogP contribution in [-0.4, -0.2) is 25.2 Å². The Labute approximate surface area is 162 Å². The predicted octanol–water partition coefficient (Wildman–Crippen LogP) is 5.12. The summed E-state index contributed by atoms with van der Waals surface area (Å²) in [5.74, 6) is 0.783. The van der Waals surface area contributed by atoms with Gasteiger partial charge in [0, 0.05) is 11.5 Å². The molecule has 0 spiro atoms. The first-order chi connectivity index (χ1) is 12.7. The van der Waals surface area contributed by atoms with Gasteiger partial charge in [-0.15, -0.1) is 0 Å². The van der Waals surface area contributed by atoms with E-state index in [4.69, 9.17) is 9.47 Å². The van der Waals surface area contributed by atoms with Gasteiger partial charge in [-0.25, -0.2) is 9.59 Å². The normalized spacial score (nSPS) is 10.4. The number of carbonyl (C=O) groups is 2. The lowest BCUT2D eigenvalue weighted by molar-refractivity contribution is 0.0515. The third-order valence-corrected chi connectivity index (χ3v) is 5.77. The van der Waals surface area contributed by atoms with Crippen LogP contribution in [0.4, 0.5) is 0 Å². The molecule has 0 amide bonds. The summed E-state index contributed by atoms with van der Waals surface area (Å²) < 4.78 is 10.2. The molecule has 0 unspecified atom stereocenters. The van der Waals surface area contributed by atoms with E-state index in [2.05, 4.69) is 0 Å². The Morgan fingerprint density at radius 3 is 1.50 bits per heavy atom. The average Bonchev–Trinajstić information content (AvgIpc) is 2.66. The fourth-order valence-electron chi connectivity index (χ4n) is 2.32. The molecule has 0 N–H and O–H groups in total. The minimum absolute atomic E-state index is 0.290. The zero-order valence-electron chi connectivity index (χ0n) is 14.9. The molecule has 6 heteroatoms. The Bertz CT molecular complexity index is 683. The maximum atomic E-state index is 12.0. The van der Waals surface area contributed by atoms with Gasteiger partial charge in [-0.1, -0.05) is 58.0 Å². The van der Waals surface area contributed by atoms with Gasteiger partial charge in [-0.05, 0) is 37.1 Å². The van der Waals surface area contributed by atoms with Crippen LogP contribution in [0.15, 0.2) is 48.5 Å². The molecule has 0 atom stereocenters. The highest BCUT2D eigenvalue weighted by Crippen LogP contribution is 2.31. The van der Waals surface area contributed by atoms with Gasteiger partial charge in [0.2, 0.25) is 0 Å². The minimum atomic E-state index is -0.290. The van der Waals surface area contributed by atoms with E-state index in [9.17, 15) is 9.59 Å². The number of benzene rings is 2. The van der Waals surface area contributed by atoms with Crippen molar-refractivity contribution in [3.8, 4) is 0 Å². The van der Waals surface area contributed by atoms with Crippen LogP contribution in [0.2, 0.25) is 0 Å². The SMILES string of the molecule is CCOC(=O)c1ccccc1CSSCc1ccccc1C(=O)OCC. The molecular formula is C20H22O4S2. The fourth-order valence-corrected chi connectivity index (χ4v) is 4.50. The molecule has 0 aromatic heterocycles. The second-order valence-corrected chi connectivity index (χ2v) is 7.74. The van der Waals surface area contributed by atoms with Gasteiger partial charge < -0.3 is 9.47 Å². The van der Waals surface area contributed by atoms with Crippen LogP contribution in [0.1, 0.15) is 45.7 Å². The highest BCUT2D eigenvalue weighted by molar-refractivity contribution is 8.76. The molecule has 2 aromatic carbocycles. The second-order valence-electron chi connectivity index (χ2n) is 5.28. The molecule has 138 valence electrons. The van der Waals surface area contributed by atoms with Crippen LogP contribution >= 0.6 is 21.6 Å². The molecule has 0 saturated heterocycles. The number of rotatable bonds is 9. The number of hydrogen-bond acceptors (Lipinski definition) is 6. The summed E-state index contributed by atoms with van der Waals surface area (Å²) in [6.45, 7) is 4.32. The predicted molar refractivity (Wildman–Crippen MR) is 107 cm³/mol. The van der Waals surface area contributed by atoms with Crippen molar-refractivity contribution in [1.29, 1.82) is 0 Å². The molecule has 0 saturated carbocycles. The second kappa shape index (κ2) is 10.9. The van der Waals surface area contributed by atoms with Crippen LogP contribution in [0.3, 0.4) is 0 Å². The van der Waals surface area contributed by atoms with Crippen LogP contribution in [0.25, 0.3) is 0 Å². The van der Waals surface area contributed by atoms with E-state index in [1.54, 1.807) is 47.6 Å². The Kier molecular flexibility index (Phi) is 8.58. The molecule has 0 aliphatic rings. The zero-order chi connectivity index (χ0) is 18.8. The third kappa shape index (κ3) is 5.81. The van der Waals surface area contributed by atoms with Crippen LogP contribution in [-0.2, 0) is 21.0 Å². The Balaban J connectivity index is 1.94. The molecule has 2 aromatic rings. The summed E-state index contributed by atoms with van der Waals surface area (Å²) in [4.78, 5) is 24.0. The Morgan fingerprint density at radius 2 is 1.12 bits per heavy atom. The first kappa shape index (κ1) is 20.4. The fraction of sp³-hybridized carbons (Fsp3) is 0.300. The maximum Gasteiger partial charge on any atom is 0.338 e. The van der Waals surface area contributed by atoms with Gasteiger partial charge in [-0.3, -0.25) is 0 Å². The minimum Gasteiger partial charge on any atom is -0.462 e. The van der Waals surface area contributed by atoms with E-state index in [-0.39, 0.29) is 11.9 Å². The van der Waals surface area contributed by atoms with Gasteiger partial charge >= 0.3 is 11.9 Å². The molecule has 2 rings (SSSR count). The monoisotopic (exact) mass is 390 g/mol. The highest BCUT2D eigenvalue weighted by Gasteiger charge is 2.13. The van der Waals surface area contributed by atoms with E-state index >= 15 is 0 Å². The van der Waals surface area contributed by atoms with Crippen molar-refractivity contribution >= 4 is 33.5 Å². The highest BCUT2D eigenvalue weighted by atomic mass is 33.1. The molecule has 26 heavy (non-hydrogen) atoms. The van der Waals surface area contributed by atoms with Gasteiger partial charge in [0.25, 0.3) is 0 Å². The van der Waals surface area contributed by atoms with Gasteiger partial charge in [-0.2, -0.15) is 0 Å². The Morgan fingerprint density at radius 1 is 0.731 bits per heavy atom. The summed E-state index contributed by atoms with van der Waals surface area (Å²) in [7, 11) is 3.28. The van der Waals surface area contributed by atoms with Crippen LogP contribution in [0, 0.1) is 0 Å². The van der Waals surface area contributed by atoms with Gasteiger partial charge in [0.05, 0.1) is 24.3 Å². The van der Waals surface area contributed by atoms with Crippen molar-refractivity contribution < 1.29 is 19.1 Å². The average molecular weight is 391 g/mol.